The summed E-state index contributed by atoms with van der Waals surface area (Å²) in [4.78, 5) is 72.4. The van der Waals surface area contributed by atoms with E-state index in [9.17, 15) is 43.2 Å². The molecule has 0 aliphatic rings. The Bertz CT molecular complexity index is 1750. The fraction of sp³-hybridized carbons (Fsp3) is 0.943. The average molecular weight is 1310 g/mol. The zero-order valence-corrected chi connectivity index (χ0v) is 59.7. The average Bonchev–Trinajstić information content (AvgIpc) is 3.51. The van der Waals surface area contributed by atoms with E-state index in [0.717, 1.165) is 114 Å². The number of hydrogen-bond donors (Lipinski definition) is 3. The Kier molecular flexibility index (Phi) is 59.6. The number of aliphatic hydroxyl groups excluding tert-OH is 1. The number of ether oxygens (including phenoxy) is 4. The van der Waals surface area contributed by atoms with Gasteiger partial charge in [0.25, 0.3) is 0 Å². The highest BCUT2D eigenvalue weighted by Gasteiger charge is 2.30. The van der Waals surface area contributed by atoms with E-state index in [2.05, 4.69) is 48.5 Å². The molecular formula is C70H136O17P2. The zero-order chi connectivity index (χ0) is 65.9. The summed E-state index contributed by atoms with van der Waals surface area (Å²) < 4.78 is 68.2. The highest BCUT2D eigenvalue weighted by Crippen LogP contribution is 2.45. The van der Waals surface area contributed by atoms with Crippen LogP contribution in [0.2, 0.25) is 0 Å². The smallest absolute Gasteiger partial charge is 0.462 e. The number of esters is 4. The van der Waals surface area contributed by atoms with Crippen LogP contribution in [-0.2, 0) is 65.4 Å². The molecule has 0 saturated carbocycles. The van der Waals surface area contributed by atoms with E-state index in [0.29, 0.717) is 25.7 Å². The van der Waals surface area contributed by atoms with E-state index >= 15 is 0 Å². The molecule has 0 aromatic rings. The second kappa shape index (κ2) is 61.0. The molecule has 0 bridgehead atoms. The molecule has 528 valence electrons. The topological polar surface area (TPSA) is 237 Å². The minimum absolute atomic E-state index is 0.104. The van der Waals surface area contributed by atoms with Crippen LogP contribution in [0.25, 0.3) is 0 Å². The van der Waals surface area contributed by atoms with Gasteiger partial charge in [0.2, 0.25) is 0 Å². The van der Waals surface area contributed by atoms with Crippen molar-refractivity contribution in [1.29, 1.82) is 0 Å². The Morgan fingerprint density at radius 1 is 0.326 bits per heavy atom. The van der Waals surface area contributed by atoms with Crippen molar-refractivity contribution in [1.82, 2.24) is 0 Å². The minimum atomic E-state index is -4.95. The molecule has 0 saturated heterocycles. The Labute approximate surface area is 543 Å². The quantitative estimate of drug-likeness (QED) is 0.0222. The fourth-order valence-electron chi connectivity index (χ4n) is 10.5. The Balaban J connectivity index is 5.22. The van der Waals surface area contributed by atoms with Crippen molar-refractivity contribution >= 4 is 39.5 Å². The van der Waals surface area contributed by atoms with Crippen LogP contribution in [0.5, 0.6) is 0 Å². The molecule has 0 radical (unpaired) electrons. The van der Waals surface area contributed by atoms with Crippen molar-refractivity contribution in [3.8, 4) is 0 Å². The number of phosphoric acid groups is 2. The number of phosphoric ester groups is 2. The Morgan fingerprint density at radius 3 is 0.854 bits per heavy atom. The Hall–Kier alpha value is -1.94. The number of aliphatic hydroxyl groups is 1. The maximum Gasteiger partial charge on any atom is 0.472 e. The number of carbonyl (C=O) groups is 4. The first-order valence-electron chi connectivity index (χ1n) is 36.4. The largest absolute Gasteiger partial charge is 0.472 e. The van der Waals surface area contributed by atoms with Gasteiger partial charge in [0, 0.05) is 25.7 Å². The summed E-state index contributed by atoms with van der Waals surface area (Å²) in [5.74, 6) is 0.211. The monoisotopic (exact) mass is 1310 g/mol. The zero-order valence-electron chi connectivity index (χ0n) is 57.9. The summed E-state index contributed by atoms with van der Waals surface area (Å²) in [7, 11) is -9.90. The van der Waals surface area contributed by atoms with E-state index in [4.69, 9.17) is 37.0 Å². The molecule has 89 heavy (non-hydrogen) atoms. The second-order valence-corrected chi connectivity index (χ2v) is 29.1. The lowest BCUT2D eigenvalue weighted by Crippen LogP contribution is -2.30. The van der Waals surface area contributed by atoms with Gasteiger partial charge in [0.15, 0.2) is 12.2 Å². The molecular weight excluding hydrogens is 1170 g/mol. The lowest BCUT2D eigenvalue weighted by Gasteiger charge is -2.21. The van der Waals surface area contributed by atoms with E-state index in [1.165, 1.54) is 154 Å². The SMILES string of the molecule is CCCCCCCCCCC(=O)OC[C@H](COP(=O)(O)OC[C@H](O)COP(=O)(O)OC[C@@H](COC(=O)CCCCCCCCCCC(C)CC)OC(=O)CCCCCCCCCCCCCCCCC(C)CC)OC(=O)CCCCCCCCCCC(C)C. The van der Waals surface area contributed by atoms with Crippen molar-refractivity contribution < 1.29 is 80.2 Å². The highest BCUT2D eigenvalue weighted by atomic mass is 31.2. The van der Waals surface area contributed by atoms with Gasteiger partial charge in [-0.2, -0.15) is 0 Å². The van der Waals surface area contributed by atoms with Crippen LogP contribution in [0.4, 0.5) is 0 Å². The predicted molar refractivity (Wildman–Crippen MR) is 358 cm³/mol. The number of carbonyl (C=O) groups excluding carboxylic acids is 4. The van der Waals surface area contributed by atoms with Crippen molar-refractivity contribution in [3.63, 3.8) is 0 Å². The van der Waals surface area contributed by atoms with Crippen LogP contribution in [0.1, 0.15) is 350 Å². The van der Waals surface area contributed by atoms with E-state index in [1.54, 1.807) is 0 Å². The van der Waals surface area contributed by atoms with Gasteiger partial charge in [-0.15, -0.1) is 0 Å². The first-order chi connectivity index (χ1) is 42.8. The van der Waals surface area contributed by atoms with Crippen molar-refractivity contribution in [2.24, 2.45) is 17.8 Å². The van der Waals surface area contributed by atoms with Crippen LogP contribution in [0.3, 0.4) is 0 Å². The molecule has 17 nitrogen and oxygen atoms in total. The summed E-state index contributed by atoms with van der Waals surface area (Å²) in [6, 6.07) is 0. The maximum absolute atomic E-state index is 13.0. The Morgan fingerprint density at radius 2 is 0.573 bits per heavy atom. The van der Waals surface area contributed by atoms with Crippen LogP contribution < -0.4 is 0 Å². The summed E-state index contributed by atoms with van der Waals surface area (Å²) in [6.45, 7) is 11.8. The first kappa shape index (κ1) is 87.1. The van der Waals surface area contributed by atoms with Gasteiger partial charge in [-0.1, -0.05) is 299 Å². The molecule has 0 aromatic carbocycles. The third-order valence-electron chi connectivity index (χ3n) is 16.9. The molecule has 0 rings (SSSR count). The minimum Gasteiger partial charge on any atom is -0.462 e. The van der Waals surface area contributed by atoms with Crippen molar-refractivity contribution in [2.45, 2.75) is 369 Å². The van der Waals surface area contributed by atoms with Crippen LogP contribution in [-0.4, -0.2) is 96.7 Å². The molecule has 0 spiro atoms. The number of unbranched alkanes of at least 4 members (excludes halogenated alkanes) is 34. The molecule has 0 aliphatic heterocycles. The molecule has 19 heteroatoms. The van der Waals surface area contributed by atoms with Crippen LogP contribution in [0, 0.1) is 17.8 Å². The van der Waals surface area contributed by atoms with E-state index < -0.39 is 97.5 Å². The second-order valence-electron chi connectivity index (χ2n) is 26.2. The third kappa shape index (κ3) is 62.0. The van der Waals surface area contributed by atoms with Gasteiger partial charge < -0.3 is 33.8 Å². The van der Waals surface area contributed by atoms with Crippen molar-refractivity contribution in [3.05, 3.63) is 0 Å². The van der Waals surface area contributed by atoms with Gasteiger partial charge >= 0.3 is 39.5 Å². The van der Waals surface area contributed by atoms with Crippen molar-refractivity contribution in [2.75, 3.05) is 39.6 Å². The number of hydrogen-bond acceptors (Lipinski definition) is 15. The van der Waals surface area contributed by atoms with Crippen LogP contribution in [0.15, 0.2) is 0 Å². The molecule has 3 N–H and O–H groups in total. The highest BCUT2D eigenvalue weighted by molar-refractivity contribution is 7.47. The van der Waals surface area contributed by atoms with Crippen LogP contribution >= 0.6 is 15.6 Å². The summed E-state index contributed by atoms with van der Waals surface area (Å²) in [5.41, 5.74) is 0. The maximum atomic E-state index is 13.0. The van der Waals surface area contributed by atoms with E-state index in [1.807, 2.05) is 0 Å². The lowest BCUT2D eigenvalue weighted by atomic mass is 9.99. The standard InChI is InChI=1S/C70H136O17P2/c1-8-11-12-13-14-30-37-44-51-67(72)80-57-65(87-70(75)54-47-40-33-25-23-27-34-41-48-61(4)5)59-84-88(76,77)82-55-64(71)56-83-89(78,79)85-60-66(58-81-68(73)52-45-38-31-26-24-29-36-43-50-63(7)10-3)86-69(74)53-46-39-32-22-20-18-16-15-17-19-21-28-35-42-49-62(6)9-2/h61-66,71H,8-60H2,1-7H3,(H,76,77)(H,78,79)/t62?,63?,64-,65+,66+/m0/s1. The third-order valence-corrected chi connectivity index (χ3v) is 18.8. The molecule has 0 aromatic heterocycles. The number of rotatable bonds is 68. The van der Waals surface area contributed by atoms with Gasteiger partial charge in [-0.3, -0.25) is 37.3 Å². The normalized spacial score (nSPS) is 14.8. The molecule has 0 heterocycles. The van der Waals surface area contributed by atoms with Gasteiger partial charge in [0.05, 0.1) is 26.4 Å². The van der Waals surface area contributed by atoms with E-state index in [-0.39, 0.29) is 25.7 Å². The first-order valence-corrected chi connectivity index (χ1v) is 39.4. The molecule has 0 amide bonds. The molecule has 0 fully saturated rings. The molecule has 0 aliphatic carbocycles. The molecule has 7 atom stereocenters. The van der Waals surface area contributed by atoms with Gasteiger partial charge in [-0.25, -0.2) is 9.13 Å². The summed E-state index contributed by atoms with van der Waals surface area (Å²) in [5, 5.41) is 10.6. The summed E-state index contributed by atoms with van der Waals surface area (Å²) in [6.07, 6.45) is 44.4. The van der Waals surface area contributed by atoms with Gasteiger partial charge in [-0.05, 0) is 43.4 Å². The summed E-state index contributed by atoms with van der Waals surface area (Å²) >= 11 is 0. The molecule has 4 unspecified atom stereocenters. The fourth-order valence-corrected chi connectivity index (χ4v) is 12.1. The lowest BCUT2D eigenvalue weighted by molar-refractivity contribution is -0.161. The predicted octanol–water partition coefficient (Wildman–Crippen LogP) is 19.8. The van der Waals surface area contributed by atoms with Gasteiger partial charge in [0.1, 0.15) is 19.3 Å².